The van der Waals surface area contributed by atoms with E-state index in [0.717, 1.165) is 6.92 Å². The maximum atomic E-state index is 15.1. The van der Waals surface area contributed by atoms with Gasteiger partial charge in [0, 0.05) is 38.0 Å². The van der Waals surface area contributed by atoms with Crippen LogP contribution in [0, 0.1) is 16.7 Å². The van der Waals surface area contributed by atoms with E-state index >= 15 is 4.79 Å². The van der Waals surface area contributed by atoms with E-state index in [9.17, 15) is 49.2 Å². The molecule has 6 rings (SSSR count). The maximum absolute atomic E-state index is 15.1. The van der Waals surface area contributed by atoms with Gasteiger partial charge < -0.3 is 54.2 Å². The Hall–Kier alpha value is -5.69. The summed E-state index contributed by atoms with van der Waals surface area (Å²) >= 11 is 0. The van der Waals surface area contributed by atoms with E-state index in [0.29, 0.717) is 0 Å². The molecule has 2 aromatic rings. The summed E-state index contributed by atoms with van der Waals surface area (Å²) in [5.41, 5.74) is -8.81. The molecule has 0 radical (unpaired) electrons. The zero-order valence-corrected chi connectivity index (χ0v) is 38.2. The van der Waals surface area contributed by atoms with Crippen LogP contribution in [0.25, 0.3) is 0 Å². The van der Waals surface area contributed by atoms with Crippen molar-refractivity contribution in [3.05, 3.63) is 82.9 Å². The number of aliphatic hydroxyl groups is 3. The normalized spacial score (nSPS) is 30.9. The van der Waals surface area contributed by atoms with Crippen molar-refractivity contribution in [2.24, 2.45) is 16.7 Å². The maximum Gasteiger partial charge on any atom is 0.408 e. The van der Waals surface area contributed by atoms with Gasteiger partial charge >= 0.3 is 35.9 Å². The number of Topliss-reactive ketones (excluding diaryl/α,β-unsaturated/α-hetero) is 1. The van der Waals surface area contributed by atoms with Crippen LogP contribution < -0.4 is 5.32 Å². The Morgan fingerprint density at radius 2 is 1.55 bits per heavy atom. The highest BCUT2D eigenvalue weighted by Crippen LogP contribution is 2.64. The van der Waals surface area contributed by atoms with Gasteiger partial charge in [0.2, 0.25) is 6.10 Å². The predicted molar refractivity (Wildman–Crippen MR) is 229 cm³/mol. The number of benzene rings is 2. The number of amides is 1. The van der Waals surface area contributed by atoms with Gasteiger partial charge in [-0.15, -0.1) is 0 Å². The van der Waals surface area contributed by atoms with Crippen LogP contribution in [-0.4, -0.2) is 122 Å². The molecule has 3 fully saturated rings. The largest absolute Gasteiger partial charge is 0.481 e. The van der Waals surface area contributed by atoms with Gasteiger partial charge in [0.15, 0.2) is 11.4 Å². The summed E-state index contributed by atoms with van der Waals surface area (Å²) < 4.78 is 35.7. The van der Waals surface area contributed by atoms with Crippen LogP contribution in [0.4, 0.5) is 4.79 Å². The monoisotopic (exact) mass is 921 g/mol. The number of fused-ring (bicyclic) bond motifs is 5. The second-order valence-corrected chi connectivity index (χ2v) is 19.3. The topological polar surface area (TPSA) is 268 Å². The third-order valence-electron chi connectivity index (χ3n) is 13.6. The van der Waals surface area contributed by atoms with Crippen LogP contribution in [0.3, 0.4) is 0 Å². The molecule has 2 saturated carbocycles. The second-order valence-electron chi connectivity index (χ2n) is 19.3. The molecule has 18 heteroatoms. The summed E-state index contributed by atoms with van der Waals surface area (Å²) in [5.74, 6) is -7.81. The van der Waals surface area contributed by atoms with Gasteiger partial charge in [-0.3, -0.25) is 19.2 Å². The Balaban J connectivity index is 1.51. The first-order valence-electron chi connectivity index (χ1n) is 21.9. The Morgan fingerprint density at radius 3 is 2.11 bits per heavy atom. The molecule has 66 heavy (non-hydrogen) atoms. The van der Waals surface area contributed by atoms with Crippen LogP contribution in [0.2, 0.25) is 0 Å². The molecule has 1 amide bonds. The van der Waals surface area contributed by atoms with Gasteiger partial charge in [-0.2, -0.15) is 0 Å². The molecule has 4 aliphatic rings. The first kappa shape index (κ1) is 49.7. The lowest BCUT2D eigenvalue weighted by Crippen LogP contribution is -2.81. The fourth-order valence-electron chi connectivity index (χ4n) is 10.2. The van der Waals surface area contributed by atoms with Crippen molar-refractivity contribution < 1.29 is 82.4 Å². The SMILES string of the molecule is CC(=O)O[C@@]12CO[C@@H]1C[C@H](O)[C@@]1(C)C(=O)[C@H](O)C3=C(C)[C@@H](OC(=O)[C@H](OC(=O)CCCC(=O)O)[C@@H](NC(=O)OC(C)(C)C)c4ccccc4)C[C@@](O)([C@@H](OC(=O)c4ccccc4)[C@H]21)C3(C)C. The molecule has 1 heterocycles. The van der Waals surface area contributed by atoms with Gasteiger partial charge in [-0.05, 0) is 69.9 Å². The molecular formula is C48H59NO17. The highest BCUT2D eigenvalue weighted by atomic mass is 16.6. The van der Waals surface area contributed by atoms with E-state index in [4.69, 9.17) is 28.4 Å². The minimum Gasteiger partial charge on any atom is -0.481 e. The molecule has 1 aliphatic heterocycles. The molecule has 0 unspecified atom stereocenters. The fourth-order valence-corrected chi connectivity index (χ4v) is 10.2. The van der Waals surface area contributed by atoms with E-state index in [1.165, 1.54) is 52.0 Å². The lowest BCUT2D eigenvalue weighted by Gasteiger charge is -2.67. The standard InChI is InChI=1S/C48H59NO17/c1-25-29(62-42(58)37(63-33(54)21-15-20-32(52)53)35(27-16-11-9-12-17-27)49-43(59)66-44(3,4)5)23-48(60)40(64-41(57)28-18-13-10-14-19-28)38-46(8,39(56)36(55)34(25)45(48,6)7)30(51)22-31-47(38,24-61-31)65-26(2)50/h9-14,16-19,29-31,35-38,40,51,55,60H,15,20-24H2,1-8H3,(H,49,59)(H,52,53)/t29-,30-,31+,35-,36+,37+,38-,40-,46+,47-,48+/m0/s1. The molecule has 11 atom stereocenters. The number of rotatable bonds is 13. The summed E-state index contributed by atoms with van der Waals surface area (Å²) in [7, 11) is 0. The number of nitrogens with one attached hydrogen (secondary N) is 1. The van der Waals surface area contributed by atoms with Crippen LogP contribution in [0.15, 0.2) is 71.8 Å². The van der Waals surface area contributed by atoms with E-state index < -0.39 is 137 Å². The Labute approximate surface area is 381 Å². The number of hydrogen-bond donors (Lipinski definition) is 5. The number of aliphatic carboxylic acids is 1. The number of carbonyl (C=O) groups excluding carboxylic acids is 6. The molecular weight excluding hydrogens is 863 g/mol. The molecule has 1 saturated heterocycles. The summed E-state index contributed by atoms with van der Waals surface area (Å²) in [6.45, 7) is 11.5. The number of ether oxygens (including phenoxy) is 6. The minimum atomic E-state index is -2.45. The number of carboxylic acid groups (broad SMARTS) is 1. The van der Waals surface area contributed by atoms with Gasteiger partial charge in [0.1, 0.15) is 41.7 Å². The zero-order chi connectivity index (χ0) is 48.7. The predicted octanol–water partition coefficient (Wildman–Crippen LogP) is 4.07. The third kappa shape index (κ3) is 9.20. The Kier molecular flexibility index (Phi) is 14.0. The average molecular weight is 922 g/mol. The molecule has 3 aliphatic carbocycles. The second kappa shape index (κ2) is 18.5. The zero-order valence-electron chi connectivity index (χ0n) is 38.2. The van der Waals surface area contributed by atoms with Gasteiger partial charge in [-0.1, -0.05) is 62.4 Å². The lowest BCUT2D eigenvalue weighted by molar-refractivity contribution is -0.346. The van der Waals surface area contributed by atoms with E-state index in [1.54, 1.807) is 57.2 Å². The smallest absolute Gasteiger partial charge is 0.408 e. The number of esters is 4. The summed E-state index contributed by atoms with van der Waals surface area (Å²) in [6.07, 6.45) is -13.1. The third-order valence-corrected chi connectivity index (χ3v) is 13.6. The molecule has 18 nitrogen and oxygen atoms in total. The number of alkyl carbamates (subject to hydrolysis) is 1. The summed E-state index contributed by atoms with van der Waals surface area (Å²) in [4.78, 5) is 95.3. The first-order chi connectivity index (χ1) is 30.8. The fraction of sp³-hybridized carbons (Fsp3) is 0.562. The number of carboxylic acids is 1. The van der Waals surface area contributed by atoms with E-state index in [1.807, 2.05) is 0 Å². The Morgan fingerprint density at radius 1 is 0.924 bits per heavy atom. The molecule has 0 spiro atoms. The van der Waals surface area contributed by atoms with Crippen molar-refractivity contribution in [3.8, 4) is 0 Å². The van der Waals surface area contributed by atoms with Crippen LogP contribution in [-0.2, 0) is 52.4 Å². The number of carbonyl (C=O) groups is 7. The highest BCUT2D eigenvalue weighted by Gasteiger charge is 2.78. The lowest BCUT2D eigenvalue weighted by atomic mass is 9.44. The van der Waals surface area contributed by atoms with E-state index in [2.05, 4.69) is 5.32 Å². The molecule has 2 aromatic carbocycles. The minimum absolute atomic E-state index is 0.0384. The van der Waals surface area contributed by atoms with Crippen molar-refractivity contribution >= 4 is 41.7 Å². The van der Waals surface area contributed by atoms with Crippen LogP contribution in [0.1, 0.15) is 109 Å². The van der Waals surface area contributed by atoms with Crippen molar-refractivity contribution in [2.45, 2.75) is 147 Å². The van der Waals surface area contributed by atoms with Crippen LogP contribution >= 0.6 is 0 Å². The van der Waals surface area contributed by atoms with Crippen molar-refractivity contribution in [1.82, 2.24) is 5.32 Å². The van der Waals surface area contributed by atoms with Gasteiger partial charge in [-0.25, -0.2) is 14.4 Å². The number of ketones is 1. The first-order valence-corrected chi connectivity index (χ1v) is 21.9. The molecule has 0 aromatic heterocycles. The summed E-state index contributed by atoms with van der Waals surface area (Å²) in [6, 6.07) is 14.2. The highest BCUT2D eigenvalue weighted by molar-refractivity contribution is 5.94. The molecule has 5 N–H and O–H groups in total. The van der Waals surface area contributed by atoms with Gasteiger partial charge in [0.25, 0.3) is 0 Å². The van der Waals surface area contributed by atoms with Gasteiger partial charge in [0.05, 0.1) is 29.6 Å². The average Bonchev–Trinajstić information content (AvgIpc) is 3.23. The quantitative estimate of drug-likeness (QED) is 0.108. The van der Waals surface area contributed by atoms with Crippen LogP contribution in [0.5, 0.6) is 0 Å². The van der Waals surface area contributed by atoms with Crippen molar-refractivity contribution in [1.29, 1.82) is 0 Å². The number of aliphatic hydroxyl groups excluding tert-OH is 2. The van der Waals surface area contributed by atoms with Crippen molar-refractivity contribution in [2.75, 3.05) is 6.61 Å². The molecule has 2 bridgehead atoms. The van der Waals surface area contributed by atoms with Crippen molar-refractivity contribution in [3.63, 3.8) is 0 Å². The summed E-state index contributed by atoms with van der Waals surface area (Å²) in [5, 5.41) is 49.8. The number of hydrogen-bond acceptors (Lipinski definition) is 16. The molecule has 358 valence electrons. The van der Waals surface area contributed by atoms with E-state index in [-0.39, 0.29) is 41.7 Å². The Bertz CT molecular complexity index is 2250.